The summed E-state index contributed by atoms with van der Waals surface area (Å²) in [6.07, 6.45) is 1.02. The van der Waals surface area contributed by atoms with E-state index in [1.54, 1.807) is 0 Å². The molecule has 0 aliphatic heterocycles. The van der Waals surface area contributed by atoms with E-state index in [4.69, 9.17) is 0 Å². The molecule has 0 saturated heterocycles. The van der Waals surface area contributed by atoms with Gasteiger partial charge in [0.25, 0.3) is 0 Å². The number of benzene rings is 3. The van der Waals surface area contributed by atoms with Crippen molar-refractivity contribution in [2.24, 2.45) is 0 Å². The van der Waals surface area contributed by atoms with Crippen molar-refractivity contribution < 1.29 is 4.39 Å². The molecule has 0 fully saturated rings. The van der Waals surface area contributed by atoms with Crippen molar-refractivity contribution in [3.8, 4) is 5.69 Å². The molecule has 4 aromatic rings. The Balaban J connectivity index is 2.14. The van der Waals surface area contributed by atoms with E-state index in [0.717, 1.165) is 23.1 Å². The van der Waals surface area contributed by atoms with Gasteiger partial charge in [-0.1, -0.05) is 24.6 Å². The average Bonchev–Trinajstić information content (AvgIpc) is 2.88. The molecule has 23 heavy (non-hydrogen) atoms. The van der Waals surface area contributed by atoms with E-state index in [1.807, 2.05) is 12.1 Å². The predicted octanol–water partition coefficient (Wildman–Crippen LogP) is 5.79. The fraction of sp³-hybridized carbons (Fsp3) is 0.143. The second-order valence-electron chi connectivity index (χ2n) is 6.04. The number of nitrogens with zero attached hydrogens (tertiary/aromatic N) is 1. The van der Waals surface area contributed by atoms with Crippen LogP contribution in [0, 0.1) is 12.7 Å². The molecule has 114 valence electrons. The SMILES string of the molecule is CCc1ccc2c(c1)c1cc(C)ccc1n2-c1ccc(F)cc1. The van der Waals surface area contributed by atoms with Crippen LogP contribution in [0.2, 0.25) is 0 Å². The molecule has 1 heterocycles. The molecule has 0 spiro atoms. The van der Waals surface area contributed by atoms with Crippen LogP contribution in [0.15, 0.2) is 60.7 Å². The highest BCUT2D eigenvalue weighted by Gasteiger charge is 2.12. The van der Waals surface area contributed by atoms with Crippen molar-refractivity contribution in [1.29, 1.82) is 0 Å². The quantitative estimate of drug-likeness (QED) is 0.441. The van der Waals surface area contributed by atoms with Gasteiger partial charge in [-0.15, -0.1) is 0 Å². The Bertz CT molecular complexity index is 1010. The standard InChI is InChI=1S/C21H18FN/c1-3-15-5-11-21-19(13-15)18-12-14(2)4-10-20(18)23(21)17-8-6-16(22)7-9-17/h4-13H,3H2,1-2H3. The Morgan fingerprint density at radius 3 is 2.17 bits per heavy atom. The molecule has 0 atom stereocenters. The van der Waals surface area contributed by atoms with E-state index in [-0.39, 0.29) is 5.82 Å². The van der Waals surface area contributed by atoms with E-state index < -0.39 is 0 Å². The molecule has 0 unspecified atom stereocenters. The van der Waals surface area contributed by atoms with Gasteiger partial charge >= 0.3 is 0 Å². The van der Waals surface area contributed by atoms with Gasteiger partial charge in [-0.05, 0) is 67.4 Å². The molecule has 0 N–H and O–H groups in total. The lowest BCUT2D eigenvalue weighted by Gasteiger charge is -2.08. The predicted molar refractivity (Wildman–Crippen MR) is 94.9 cm³/mol. The lowest BCUT2D eigenvalue weighted by Crippen LogP contribution is -1.94. The third-order valence-electron chi connectivity index (χ3n) is 4.48. The number of rotatable bonds is 2. The normalized spacial score (nSPS) is 11.4. The first-order valence-electron chi connectivity index (χ1n) is 7.97. The van der Waals surface area contributed by atoms with Crippen LogP contribution in [-0.2, 0) is 6.42 Å². The Kier molecular flexibility index (Phi) is 3.19. The van der Waals surface area contributed by atoms with E-state index in [0.29, 0.717) is 0 Å². The molecule has 0 aliphatic carbocycles. The van der Waals surface area contributed by atoms with Crippen LogP contribution < -0.4 is 0 Å². The van der Waals surface area contributed by atoms with Crippen LogP contribution in [0.3, 0.4) is 0 Å². The zero-order valence-electron chi connectivity index (χ0n) is 13.3. The van der Waals surface area contributed by atoms with Gasteiger partial charge in [0.1, 0.15) is 5.82 Å². The minimum Gasteiger partial charge on any atom is -0.309 e. The van der Waals surface area contributed by atoms with E-state index in [1.165, 1.54) is 34.0 Å². The minimum absolute atomic E-state index is 0.210. The third-order valence-corrected chi connectivity index (χ3v) is 4.48. The van der Waals surface area contributed by atoms with Crippen molar-refractivity contribution >= 4 is 21.8 Å². The number of halogens is 1. The second kappa shape index (κ2) is 5.24. The molecule has 0 aliphatic rings. The molecule has 2 heteroatoms. The monoisotopic (exact) mass is 303 g/mol. The molecular weight excluding hydrogens is 285 g/mol. The lowest BCUT2D eigenvalue weighted by atomic mass is 10.1. The van der Waals surface area contributed by atoms with Gasteiger partial charge in [0.05, 0.1) is 11.0 Å². The van der Waals surface area contributed by atoms with Crippen LogP contribution in [0.4, 0.5) is 4.39 Å². The van der Waals surface area contributed by atoms with Gasteiger partial charge in [-0.2, -0.15) is 0 Å². The topological polar surface area (TPSA) is 4.93 Å². The Morgan fingerprint density at radius 2 is 1.48 bits per heavy atom. The zero-order chi connectivity index (χ0) is 16.0. The fourth-order valence-corrected chi connectivity index (χ4v) is 3.27. The van der Waals surface area contributed by atoms with Gasteiger partial charge in [-0.3, -0.25) is 0 Å². The second-order valence-corrected chi connectivity index (χ2v) is 6.04. The first-order chi connectivity index (χ1) is 11.2. The van der Waals surface area contributed by atoms with Crippen molar-refractivity contribution in [3.05, 3.63) is 77.6 Å². The van der Waals surface area contributed by atoms with E-state index in [2.05, 4.69) is 54.8 Å². The van der Waals surface area contributed by atoms with Crippen molar-refractivity contribution in [2.45, 2.75) is 20.3 Å². The summed E-state index contributed by atoms with van der Waals surface area (Å²) in [5.74, 6) is -0.210. The van der Waals surface area contributed by atoms with Crippen LogP contribution in [0.25, 0.3) is 27.5 Å². The molecule has 4 rings (SSSR count). The first kappa shape index (κ1) is 14.0. The molecule has 0 radical (unpaired) electrons. The van der Waals surface area contributed by atoms with Crippen molar-refractivity contribution in [2.75, 3.05) is 0 Å². The molecule has 0 bridgehead atoms. The Morgan fingerprint density at radius 1 is 0.826 bits per heavy atom. The number of aryl methyl sites for hydroxylation is 2. The fourth-order valence-electron chi connectivity index (χ4n) is 3.27. The molecule has 0 saturated carbocycles. The van der Waals surface area contributed by atoms with Gasteiger partial charge < -0.3 is 4.57 Å². The summed E-state index contributed by atoms with van der Waals surface area (Å²) in [4.78, 5) is 0. The average molecular weight is 303 g/mol. The molecule has 1 nitrogen and oxygen atoms in total. The number of hydrogen-bond acceptors (Lipinski definition) is 0. The molecular formula is C21H18FN. The minimum atomic E-state index is -0.210. The van der Waals surface area contributed by atoms with E-state index >= 15 is 0 Å². The molecule has 1 aromatic heterocycles. The van der Waals surface area contributed by atoms with Crippen LogP contribution in [0.1, 0.15) is 18.1 Å². The molecule has 0 amide bonds. The smallest absolute Gasteiger partial charge is 0.123 e. The highest BCUT2D eigenvalue weighted by atomic mass is 19.1. The highest BCUT2D eigenvalue weighted by molar-refractivity contribution is 6.09. The van der Waals surface area contributed by atoms with Crippen LogP contribution >= 0.6 is 0 Å². The summed E-state index contributed by atoms with van der Waals surface area (Å²) in [6.45, 7) is 4.29. The summed E-state index contributed by atoms with van der Waals surface area (Å²) in [7, 11) is 0. The van der Waals surface area contributed by atoms with Crippen LogP contribution in [-0.4, -0.2) is 4.57 Å². The zero-order valence-corrected chi connectivity index (χ0v) is 13.3. The Hall–Kier alpha value is -2.61. The summed E-state index contributed by atoms with van der Waals surface area (Å²) in [6, 6.07) is 19.8. The maximum absolute atomic E-state index is 13.3. The Labute approximate surface area is 135 Å². The third kappa shape index (κ3) is 2.22. The van der Waals surface area contributed by atoms with Gasteiger partial charge in [0, 0.05) is 16.5 Å². The first-order valence-corrected chi connectivity index (χ1v) is 7.97. The summed E-state index contributed by atoms with van der Waals surface area (Å²) in [5, 5.41) is 2.51. The summed E-state index contributed by atoms with van der Waals surface area (Å²) < 4.78 is 15.5. The van der Waals surface area contributed by atoms with Gasteiger partial charge in [0.15, 0.2) is 0 Å². The van der Waals surface area contributed by atoms with Crippen molar-refractivity contribution in [1.82, 2.24) is 4.57 Å². The highest BCUT2D eigenvalue weighted by Crippen LogP contribution is 2.33. The number of fused-ring (bicyclic) bond motifs is 3. The van der Waals surface area contributed by atoms with Gasteiger partial charge in [0.2, 0.25) is 0 Å². The van der Waals surface area contributed by atoms with Crippen LogP contribution in [0.5, 0.6) is 0 Å². The summed E-state index contributed by atoms with van der Waals surface area (Å²) >= 11 is 0. The lowest BCUT2D eigenvalue weighted by molar-refractivity contribution is 0.627. The molecule has 3 aromatic carbocycles. The van der Waals surface area contributed by atoms with Gasteiger partial charge in [-0.25, -0.2) is 4.39 Å². The number of hydrogen-bond donors (Lipinski definition) is 0. The maximum atomic E-state index is 13.3. The summed E-state index contributed by atoms with van der Waals surface area (Å²) in [5.41, 5.74) is 5.88. The number of aromatic nitrogens is 1. The largest absolute Gasteiger partial charge is 0.309 e. The van der Waals surface area contributed by atoms with E-state index in [9.17, 15) is 4.39 Å². The maximum Gasteiger partial charge on any atom is 0.123 e. The van der Waals surface area contributed by atoms with Crippen molar-refractivity contribution in [3.63, 3.8) is 0 Å².